The topological polar surface area (TPSA) is 16.1 Å². The molecule has 0 N–H and O–H groups in total. The highest BCUT2D eigenvalue weighted by atomic mass is 35.5. The molecule has 0 saturated carbocycles. The van der Waals surface area contributed by atoms with Crippen molar-refractivity contribution in [1.82, 2.24) is 9.88 Å². The SMILES string of the molecule is Cc1ccccc1C(c1ccccc1Cl)N1C(C)CCC1CC(C)c1ccccn1. The van der Waals surface area contributed by atoms with E-state index >= 15 is 0 Å². The monoisotopic (exact) mass is 418 g/mol. The third-order valence-corrected chi connectivity index (χ3v) is 6.99. The quantitative estimate of drug-likeness (QED) is 0.421. The van der Waals surface area contributed by atoms with Gasteiger partial charge < -0.3 is 0 Å². The summed E-state index contributed by atoms with van der Waals surface area (Å²) in [6.45, 7) is 6.89. The zero-order chi connectivity index (χ0) is 21.1. The molecule has 0 spiro atoms. The van der Waals surface area contributed by atoms with Crippen LogP contribution in [0.1, 0.15) is 67.5 Å². The van der Waals surface area contributed by atoms with Crippen LogP contribution in [-0.4, -0.2) is 22.0 Å². The molecule has 3 aromatic rings. The minimum atomic E-state index is 0.165. The molecule has 0 amide bonds. The van der Waals surface area contributed by atoms with Gasteiger partial charge in [-0.2, -0.15) is 0 Å². The van der Waals surface area contributed by atoms with Gasteiger partial charge in [0.15, 0.2) is 0 Å². The third kappa shape index (κ3) is 4.31. The van der Waals surface area contributed by atoms with Crippen LogP contribution in [-0.2, 0) is 0 Å². The molecular formula is C27H31ClN2. The van der Waals surface area contributed by atoms with E-state index in [1.807, 2.05) is 24.4 Å². The van der Waals surface area contributed by atoms with E-state index in [-0.39, 0.29) is 6.04 Å². The van der Waals surface area contributed by atoms with Gasteiger partial charge in [0.1, 0.15) is 0 Å². The largest absolute Gasteiger partial charge is 0.287 e. The van der Waals surface area contributed by atoms with Crippen LogP contribution in [0.4, 0.5) is 0 Å². The lowest BCUT2D eigenvalue weighted by molar-refractivity contribution is 0.147. The maximum Gasteiger partial charge on any atom is 0.0623 e. The van der Waals surface area contributed by atoms with Gasteiger partial charge in [-0.25, -0.2) is 0 Å². The van der Waals surface area contributed by atoms with Gasteiger partial charge in [-0.15, -0.1) is 0 Å². The molecular weight excluding hydrogens is 388 g/mol. The predicted octanol–water partition coefficient (Wildman–Crippen LogP) is 7.18. The van der Waals surface area contributed by atoms with Crippen molar-refractivity contribution in [1.29, 1.82) is 0 Å². The highest BCUT2D eigenvalue weighted by molar-refractivity contribution is 6.31. The molecule has 1 aromatic heterocycles. The molecule has 4 atom stereocenters. The number of hydrogen-bond acceptors (Lipinski definition) is 2. The number of likely N-dealkylation sites (tertiary alicyclic amines) is 1. The van der Waals surface area contributed by atoms with E-state index in [2.05, 4.69) is 79.2 Å². The van der Waals surface area contributed by atoms with Crippen molar-refractivity contribution in [2.75, 3.05) is 0 Å². The second-order valence-electron chi connectivity index (χ2n) is 8.70. The minimum Gasteiger partial charge on any atom is -0.287 e. The maximum absolute atomic E-state index is 6.76. The van der Waals surface area contributed by atoms with Crippen molar-refractivity contribution in [3.63, 3.8) is 0 Å². The number of hydrogen-bond donors (Lipinski definition) is 0. The molecule has 2 aromatic carbocycles. The zero-order valence-corrected chi connectivity index (χ0v) is 18.9. The zero-order valence-electron chi connectivity index (χ0n) is 18.1. The van der Waals surface area contributed by atoms with E-state index in [1.54, 1.807) is 0 Å². The lowest BCUT2D eigenvalue weighted by Crippen LogP contribution is -2.39. The number of pyridine rings is 1. The van der Waals surface area contributed by atoms with Gasteiger partial charge in [-0.1, -0.05) is 67.1 Å². The summed E-state index contributed by atoms with van der Waals surface area (Å²) in [6, 6.07) is 24.5. The van der Waals surface area contributed by atoms with Gasteiger partial charge in [0, 0.05) is 29.0 Å². The summed E-state index contributed by atoms with van der Waals surface area (Å²) in [6.07, 6.45) is 5.44. The molecule has 0 aliphatic carbocycles. The Morgan fingerprint density at radius 1 is 0.967 bits per heavy atom. The molecule has 3 heteroatoms. The van der Waals surface area contributed by atoms with E-state index in [9.17, 15) is 0 Å². The van der Waals surface area contributed by atoms with Gasteiger partial charge >= 0.3 is 0 Å². The smallest absolute Gasteiger partial charge is 0.0623 e. The lowest BCUT2D eigenvalue weighted by Gasteiger charge is -2.39. The van der Waals surface area contributed by atoms with E-state index in [4.69, 9.17) is 11.6 Å². The fraction of sp³-hybridized carbons (Fsp3) is 0.370. The van der Waals surface area contributed by atoms with E-state index in [0.717, 1.165) is 11.4 Å². The Hall–Kier alpha value is -2.16. The molecule has 1 saturated heterocycles. The first-order valence-electron chi connectivity index (χ1n) is 11.0. The van der Waals surface area contributed by atoms with Crippen LogP contribution in [0.2, 0.25) is 5.02 Å². The molecule has 0 bridgehead atoms. The summed E-state index contributed by atoms with van der Waals surface area (Å²) in [5.74, 6) is 0.424. The van der Waals surface area contributed by atoms with Crippen LogP contribution < -0.4 is 0 Å². The van der Waals surface area contributed by atoms with E-state index < -0.39 is 0 Å². The van der Waals surface area contributed by atoms with Gasteiger partial charge in [-0.05, 0) is 73.9 Å². The van der Waals surface area contributed by atoms with Gasteiger partial charge in [-0.3, -0.25) is 9.88 Å². The Bertz CT molecular complexity index is 926. The molecule has 2 nitrogen and oxygen atoms in total. The van der Waals surface area contributed by atoms with Crippen molar-refractivity contribution in [2.24, 2.45) is 0 Å². The molecule has 4 unspecified atom stereocenters. The standard InChI is InChI=1S/C27H31ClN2/c1-19-10-4-5-11-23(19)27(24-12-6-7-13-25(24)28)30-21(3)15-16-22(30)18-20(2)26-14-8-9-17-29-26/h4-14,17,20-22,27H,15-16,18H2,1-3H3. The van der Waals surface area contributed by atoms with E-state index in [1.165, 1.54) is 35.2 Å². The average molecular weight is 419 g/mol. The van der Waals surface area contributed by atoms with Crippen LogP contribution in [0.3, 0.4) is 0 Å². The molecule has 30 heavy (non-hydrogen) atoms. The Labute approximate surface area is 185 Å². The Morgan fingerprint density at radius 3 is 2.37 bits per heavy atom. The van der Waals surface area contributed by atoms with Gasteiger partial charge in [0.25, 0.3) is 0 Å². The number of aryl methyl sites for hydroxylation is 1. The number of halogens is 1. The highest BCUT2D eigenvalue weighted by Crippen LogP contribution is 2.43. The summed E-state index contributed by atoms with van der Waals surface area (Å²) < 4.78 is 0. The van der Waals surface area contributed by atoms with Crippen molar-refractivity contribution in [3.05, 3.63) is 100 Å². The van der Waals surface area contributed by atoms with Gasteiger partial charge in [0.2, 0.25) is 0 Å². The summed E-state index contributed by atoms with van der Waals surface area (Å²) in [5.41, 5.74) is 5.06. The van der Waals surface area contributed by atoms with Crippen LogP contribution in [0, 0.1) is 6.92 Å². The van der Waals surface area contributed by atoms with Crippen LogP contribution in [0.15, 0.2) is 72.9 Å². The Kier molecular flexibility index (Phi) is 6.55. The fourth-order valence-electron chi connectivity index (χ4n) is 5.07. The Balaban J connectivity index is 1.73. The number of benzene rings is 2. The van der Waals surface area contributed by atoms with Gasteiger partial charge in [0.05, 0.1) is 6.04 Å². The number of aromatic nitrogens is 1. The third-order valence-electron chi connectivity index (χ3n) is 6.65. The van der Waals surface area contributed by atoms with Crippen molar-refractivity contribution >= 4 is 11.6 Å². The van der Waals surface area contributed by atoms with E-state index in [0.29, 0.717) is 18.0 Å². The maximum atomic E-state index is 6.76. The first-order valence-corrected chi connectivity index (χ1v) is 11.4. The number of nitrogens with zero attached hydrogens (tertiary/aromatic N) is 2. The van der Waals surface area contributed by atoms with Crippen LogP contribution in [0.5, 0.6) is 0 Å². The molecule has 4 rings (SSSR count). The molecule has 1 fully saturated rings. The summed E-state index contributed by atoms with van der Waals surface area (Å²) >= 11 is 6.76. The first kappa shape index (κ1) is 21.1. The molecule has 1 aliphatic heterocycles. The molecule has 0 radical (unpaired) electrons. The summed E-state index contributed by atoms with van der Waals surface area (Å²) in [7, 11) is 0. The van der Waals surface area contributed by atoms with Crippen molar-refractivity contribution in [3.8, 4) is 0 Å². The van der Waals surface area contributed by atoms with Crippen LogP contribution >= 0.6 is 11.6 Å². The normalized spacial score (nSPS) is 21.5. The number of rotatable bonds is 6. The average Bonchev–Trinajstić information content (AvgIpc) is 3.11. The minimum absolute atomic E-state index is 0.165. The van der Waals surface area contributed by atoms with Crippen molar-refractivity contribution in [2.45, 2.75) is 64.1 Å². The fourth-order valence-corrected chi connectivity index (χ4v) is 5.31. The molecule has 2 heterocycles. The molecule has 156 valence electrons. The second-order valence-corrected chi connectivity index (χ2v) is 9.11. The Morgan fingerprint density at radius 2 is 1.67 bits per heavy atom. The lowest BCUT2D eigenvalue weighted by atomic mass is 9.90. The highest BCUT2D eigenvalue weighted by Gasteiger charge is 2.39. The summed E-state index contributed by atoms with van der Waals surface area (Å²) in [4.78, 5) is 7.34. The second kappa shape index (κ2) is 9.32. The molecule has 1 aliphatic rings. The summed E-state index contributed by atoms with van der Waals surface area (Å²) in [5, 5.41) is 0.848. The van der Waals surface area contributed by atoms with Crippen LogP contribution in [0.25, 0.3) is 0 Å². The van der Waals surface area contributed by atoms with Crippen molar-refractivity contribution < 1.29 is 0 Å². The first-order chi connectivity index (χ1) is 14.6. The predicted molar refractivity (Wildman–Crippen MR) is 126 cm³/mol.